The average Bonchev–Trinajstić information content (AvgIpc) is 2.59. The van der Waals surface area contributed by atoms with E-state index in [0.29, 0.717) is 12.6 Å². The first-order chi connectivity index (χ1) is 7.67. The van der Waals surface area contributed by atoms with Gasteiger partial charge in [0.05, 0.1) is 0 Å². The third-order valence-electron chi connectivity index (χ3n) is 3.38. The van der Waals surface area contributed by atoms with Gasteiger partial charge in [-0.05, 0) is 36.1 Å². The highest BCUT2D eigenvalue weighted by atomic mass is 79.9. The lowest BCUT2D eigenvalue weighted by molar-refractivity contribution is 0.235. The Morgan fingerprint density at radius 1 is 1.38 bits per heavy atom. The Balaban J connectivity index is 1.97. The molecule has 0 aromatic heterocycles. The van der Waals surface area contributed by atoms with Gasteiger partial charge in [0.1, 0.15) is 12.1 Å². The summed E-state index contributed by atoms with van der Waals surface area (Å²) in [7, 11) is 0. The molecule has 1 aliphatic carbocycles. The molecule has 0 amide bonds. The van der Waals surface area contributed by atoms with Gasteiger partial charge < -0.3 is 10.5 Å². The third kappa shape index (κ3) is 1.61. The van der Waals surface area contributed by atoms with E-state index < -0.39 is 0 Å². The van der Waals surface area contributed by atoms with Crippen LogP contribution < -0.4 is 5.73 Å². The Morgan fingerprint density at radius 2 is 2.25 bits per heavy atom. The van der Waals surface area contributed by atoms with Crippen molar-refractivity contribution in [3.05, 3.63) is 33.8 Å². The van der Waals surface area contributed by atoms with E-state index in [-0.39, 0.29) is 5.54 Å². The monoisotopic (exact) mass is 280 g/mol. The molecule has 1 aromatic carbocycles. The Kier molecular flexibility index (Phi) is 2.21. The second-order valence-electron chi connectivity index (χ2n) is 4.55. The van der Waals surface area contributed by atoms with Crippen molar-refractivity contribution in [3.8, 4) is 0 Å². The minimum absolute atomic E-state index is 0.0993. The smallest absolute Gasteiger partial charge is 0.282 e. The van der Waals surface area contributed by atoms with Gasteiger partial charge in [-0.25, -0.2) is 4.99 Å². The van der Waals surface area contributed by atoms with Crippen molar-refractivity contribution in [1.82, 2.24) is 0 Å². The van der Waals surface area contributed by atoms with E-state index in [2.05, 4.69) is 39.1 Å². The molecule has 0 unspecified atom stereocenters. The zero-order chi connectivity index (χ0) is 11.2. The van der Waals surface area contributed by atoms with Gasteiger partial charge in [-0.1, -0.05) is 22.0 Å². The number of aryl methyl sites for hydroxylation is 1. The number of hydrogen-bond acceptors (Lipinski definition) is 3. The summed E-state index contributed by atoms with van der Waals surface area (Å²) in [6.07, 6.45) is 3.02. The molecule has 0 saturated carbocycles. The molecule has 1 aromatic rings. The summed E-state index contributed by atoms with van der Waals surface area (Å²) in [4.78, 5) is 4.46. The largest absolute Gasteiger partial charge is 0.463 e. The summed E-state index contributed by atoms with van der Waals surface area (Å²) < 4.78 is 6.43. The van der Waals surface area contributed by atoms with E-state index in [1.165, 1.54) is 11.1 Å². The number of fused-ring (bicyclic) bond motifs is 1. The first kappa shape index (κ1) is 10.1. The molecular formula is C12H13BrN2O. The lowest BCUT2D eigenvalue weighted by Gasteiger charge is -2.30. The van der Waals surface area contributed by atoms with Crippen molar-refractivity contribution in [2.75, 3.05) is 6.61 Å². The maximum absolute atomic E-state index is 5.61. The maximum atomic E-state index is 5.61. The molecule has 16 heavy (non-hydrogen) atoms. The fraction of sp³-hybridized carbons (Fsp3) is 0.417. The van der Waals surface area contributed by atoms with Crippen LogP contribution in [0.4, 0.5) is 0 Å². The molecule has 2 N–H and O–H groups in total. The van der Waals surface area contributed by atoms with Crippen molar-refractivity contribution in [2.45, 2.75) is 24.8 Å². The minimum atomic E-state index is -0.0993. The number of benzene rings is 1. The number of ether oxygens (including phenoxy) is 1. The first-order valence-electron chi connectivity index (χ1n) is 5.42. The molecule has 1 atom stereocenters. The molecule has 0 saturated heterocycles. The van der Waals surface area contributed by atoms with E-state index in [1.807, 2.05) is 0 Å². The van der Waals surface area contributed by atoms with E-state index in [9.17, 15) is 0 Å². The Bertz CT molecular complexity index is 472. The van der Waals surface area contributed by atoms with Gasteiger partial charge in [0.2, 0.25) is 0 Å². The zero-order valence-electron chi connectivity index (χ0n) is 8.87. The van der Waals surface area contributed by atoms with Gasteiger partial charge in [0, 0.05) is 10.9 Å². The van der Waals surface area contributed by atoms with Crippen LogP contribution in [0.25, 0.3) is 0 Å². The summed E-state index contributed by atoms with van der Waals surface area (Å²) in [6.45, 7) is 0.630. The normalized spacial score (nSPS) is 27.4. The SMILES string of the molecule is NC1=N[C@@]2(CCc3ccc(Br)cc3C2)CO1. The lowest BCUT2D eigenvalue weighted by Crippen LogP contribution is -2.35. The Hall–Kier alpha value is -1.03. The van der Waals surface area contributed by atoms with Crippen LogP contribution in [-0.2, 0) is 17.6 Å². The van der Waals surface area contributed by atoms with E-state index in [1.54, 1.807) is 0 Å². The van der Waals surface area contributed by atoms with Gasteiger partial charge in [-0.3, -0.25) is 0 Å². The van der Waals surface area contributed by atoms with Crippen LogP contribution in [0.5, 0.6) is 0 Å². The molecule has 84 valence electrons. The number of aliphatic imine (C=N–C) groups is 1. The fourth-order valence-corrected chi connectivity index (χ4v) is 2.95. The third-order valence-corrected chi connectivity index (χ3v) is 3.88. The molecular weight excluding hydrogens is 268 g/mol. The predicted molar refractivity (Wildman–Crippen MR) is 66.5 cm³/mol. The van der Waals surface area contributed by atoms with Crippen molar-refractivity contribution < 1.29 is 4.74 Å². The minimum Gasteiger partial charge on any atom is -0.463 e. The summed E-state index contributed by atoms with van der Waals surface area (Å²) in [5.74, 6) is 0. The molecule has 4 heteroatoms. The molecule has 3 rings (SSSR count). The van der Waals surface area contributed by atoms with Gasteiger partial charge in [-0.15, -0.1) is 0 Å². The van der Waals surface area contributed by atoms with Crippen molar-refractivity contribution in [3.63, 3.8) is 0 Å². The van der Waals surface area contributed by atoms with E-state index in [4.69, 9.17) is 10.5 Å². The van der Waals surface area contributed by atoms with Gasteiger partial charge in [-0.2, -0.15) is 0 Å². The van der Waals surface area contributed by atoms with Crippen LogP contribution in [0, 0.1) is 0 Å². The summed E-state index contributed by atoms with van der Waals surface area (Å²) >= 11 is 3.51. The van der Waals surface area contributed by atoms with Crippen LogP contribution in [0.15, 0.2) is 27.7 Å². The number of hydrogen-bond donors (Lipinski definition) is 1. The molecule has 2 aliphatic rings. The summed E-state index contributed by atoms with van der Waals surface area (Å²) in [6, 6.07) is 6.81. The number of rotatable bonds is 0. The standard InChI is InChI=1S/C12H13BrN2O/c13-10-2-1-8-3-4-12(6-9(8)5-10)7-16-11(14)15-12/h1-2,5H,3-4,6-7H2,(H2,14,15)/t12-/m1/s1. The molecule has 1 spiro atoms. The quantitative estimate of drug-likeness (QED) is 0.791. The van der Waals surface area contributed by atoms with Crippen LogP contribution in [0.3, 0.4) is 0 Å². The van der Waals surface area contributed by atoms with Crippen molar-refractivity contribution >= 4 is 22.0 Å². The van der Waals surface area contributed by atoms with Gasteiger partial charge >= 0.3 is 0 Å². The lowest BCUT2D eigenvalue weighted by atomic mass is 9.79. The van der Waals surface area contributed by atoms with E-state index in [0.717, 1.165) is 23.7 Å². The zero-order valence-corrected chi connectivity index (χ0v) is 10.5. The highest BCUT2D eigenvalue weighted by molar-refractivity contribution is 9.10. The van der Waals surface area contributed by atoms with Crippen LogP contribution in [0.1, 0.15) is 17.5 Å². The second-order valence-corrected chi connectivity index (χ2v) is 5.47. The van der Waals surface area contributed by atoms with Crippen molar-refractivity contribution in [2.24, 2.45) is 10.7 Å². The fourth-order valence-electron chi connectivity index (χ4n) is 2.54. The maximum Gasteiger partial charge on any atom is 0.282 e. The summed E-state index contributed by atoms with van der Waals surface area (Å²) in [5.41, 5.74) is 8.30. The van der Waals surface area contributed by atoms with Gasteiger partial charge in [0.15, 0.2) is 0 Å². The molecule has 1 aliphatic heterocycles. The Morgan fingerprint density at radius 3 is 3.00 bits per heavy atom. The highest BCUT2D eigenvalue weighted by Gasteiger charge is 2.39. The van der Waals surface area contributed by atoms with Crippen LogP contribution in [-0.4, -0.2) is 18.2 Å². The first-order valence-corrected chi connectivity index (χ1v) is 6.22. The van der Waals surface area contributed by atoms with E-state index >= 15 is 0 Å². The summed E-state index contributed by atoms with van der Waals surface area (Å²) in [5, 5.41) is 0. The second kappa shape index (κ2) is 3.48. The van der Waals surface area contributed by atoms with Crippen LogP contribution >= 0.6 is 15.9 Å². The molecule has 0 radical (unpaired) electrons. The van der Waals surface area contributed by atoms with Crippen LogP contribution in [0.2, 0.25) is 0 Å². The number of amidine groups is 1. The average molecular weight is 281 g/mol. The Labute approximate surface area is 103 Å². The number of nitrogens with zero attached hydrogens (tertiary/aromatic N) is 1. The number of nitrogens with two attached hydrogens (primary N) is 1. The topological polar surface area (TPSA) is 47.6 Å². The molecule has 0 fully saturated rings. The molecule has 0 bridgehead atoms. The van der Waals surface area contributed by atoms with Crippen molar-refractivity contribution in [1.29, 1.82) is 0 Å². The number of halogens is 1. The molecule has 1 heterocycles. The molecule has 3 nitrogen and oxygen atoms in total. The van der Waals surface area contributed by atoms with Gasteiger partial charge in [0.25, 0.3) is 6.02 Å². The predicted octanol–water partition coefficient (Wildman–Crippen LogP) is 2.02. The highest BCUT2D eigenvalue weighted by Crippen LogP contribution is 2.35.